The van der Waals surface area contributed by atoms with Crippen LogP contribution in [-0.2, 0) is 10.3 Å². The second kappa shape index (κ2) is 2.33. The Hall–Kier alpha value is -1.35. The number of carbonyl (C=O) groups excluding carboxylic acids is 1. The van der Waals surface area contributed by atoms with Gasteiger partial charge in [-0.3, -0.25) is 4.79 Å². The van der Waals surface area contributed by atoms with Gasteiger partial charge in [0.05, 0.1) is 0 Å². The lowest BCUT2D eigenvalue weighted by atomic mass is 9.94. The Balaban J connectivity index is 2.64. The van der Waals surface area contributed by atoms with Gasteiger partial charge in [-0.2, -0.15) is 0 Å². The summed E-state index contributed by atoms with van der Waals surface area (Å²) in [5.41, 5.74) is 7.85. The predicted molar refractivity (Wildman–Crippen MR) is 51.3 cm³/mol. The molecule has 1 unspecified atom stereocenters. The monoisotopic (exact) mass is 176 g/mol. The van der Waals surface area contributed by atoms with Crippen molar-refractivity contribution >= 4 is 11.6 Å². The van der Waals surface area contributed by atoms with Crippen molar-refractivity contribution in [2.24, 2.45) is 5.73 Å². The number of amides is 1. The first-order chi connectivity index (χ1) is 6.01. The molecule has 1 amide bonds. The zero-order valence-electron chi connectivity index (χ0n) is 7.72. The van der Waals surface area contributed by atoms with Crippen molar-refractivity contribution in [3.8, 4) is 0 Å². The standard InChI is InChI=1S/C10H12N2O/c1-6-3-4-8-7(5-6)10(2,11)9(13)12-8/h3-5H,11H2,1-2H3,(H,12,13). The molecule has 3 nitrogen and oxygen atoms in total. The summed E-state index contributed by atoms with van der Waals surface area (Å²) in [7, 11) is 0. The van der Waals surface area contributed by atoms with Crippen molar-refractivity contribution in [3.63, 3.8) is 0 Å². The number of nitrogens with one attached hydrogen (secondary N) is 1. The molecule has 0 fully saturated rings. The molecule has 3 heteroatoms. The van der Waals surface area contributed by atoms with Gasteiger partial charge < -0.3 is 11.1 Å². The fraction of sp³-hybridized carbons (Fsp3) is 0.300. The van der Waals surface area contributed by atoms with Crippen LogP contribution < -0.4 is 11.1 Å². The minimum atomic E-state index is -0.874. The van der Waals surface area contributed by atoms with Crippen LogP contribution in [0.5, 0.6) is 0 Å². The van der Waals surface area contributed by atoms with E-state index in [-0.39, 0.29) is 5.91 Å². The van der Waals surface area contributed by atoms with Gasteiger partial charge in [0.2, 0.25) is 5.91 Å². The average Bonchev–Trinajstić information content (AvgIpc) is 2.27. The third-order valence-electron chi connectivity index (χ3n) is 2.45. The first-order valence-electron chi connectivity index (χ1n) is 4.23. The lowest BCUT2D eigenvalue weighted by molar-refractivity contribution is -0.120. The molecule has 0 bridgehead atoms. The number of anilines is 1. The topological polar surface area (TPSA) is 55.1 Å². The molecule has 1 atom stereocenters. The summed E-state index contributed by atoms with van der Waals surface area (Å²) in [6.45, 7) is 3.72. The molecule has 0 radical (unpaired) electrons. The number of hydrogen-bond acceptors (Lipinski definition) is 2. The maximum atomic E-state index is 11.4. The van der Waals surface area contributed by atoms with E-state index in [0.29, 0.717) is 0 Å². The highest BCUT2D eigenvalue weighted by atomic mass is 16.2. The van der Waals surface area contributed by atoms with E-state index in [0.717, 1.165) is 16.8 Å². The molecule has 3 N–H and O–H groups in total. The molecule has 1 aromatic carbocycles. The van der Waals surface area contributed by atoms with Crippen molar-refractivity contribution in [1.82, 2.24) is 0 Å². The summed E-state index contributed by atoms with van der Waals surface area (Å²) >= 11 is 0. The highest BCUT2D eigenvalue weighted by Gasteiger charge is 2.38. The third-order valence-corrected chi connectivity index (χ3v) is 2.45. The second-order valence-corrected chi connectivity index (χ2v) is 3.71. The predicted octanol–water partition coefficient (Wildman–Crippen LogP) is 1.12. The van der Waals surface area contributed by atoms with Crippen LogP contribution in [0, 0.1) is 6.92 Å². The molecule has 68 valence electrons. The van der Waals surface area contributed by atoms with Gasteiger partial charge in [-0.1, -0.05) is 17.7 Å². The highest BCUT2D eigenvalue weighted by molar-refractivity contribution is 6.05. The van der Waals surface area contributed by atoms with Gasteiger partial charge in [-0.05, 0) is 19.9 Å². The number of hydrogen-bond donors (Lipinski definition) is 2. The molecular weight excluding hydrogens is 164 g/mol. The molecule has 2 rings (SSSR count). The highest BCUT2D eigenvalue weighted by Crippen LogP contribution is 2.33. The Morgan fingerprint density at radius 3 is 2.85 bits per heavy atom. The van der Waals surface area contributed by atoms with E-state index in [1.54, 1.807) is 6.92 Å². The lowest BCUT2D eigenvalue weighted by Gasteiger charge is -2.15. The number of benzene rings is 1. The quantitative estimate of drug-likeness (QED) is 0.622. The van der Waals surface area contributed by atoms with Crippen LogP contribution in [0.3, 0.4) is 0 Å². The van der Waals surface area contributed by atoms with Crippen LogP contribution in [0.25, 0.3) is 0 Å². The molecule has 1 heterocycles. The van der Waals surface area contributed by atoms with E-state index < -0.39 is 5.54 Å². The van der Waals surface area contributed by atoms with Gasteiger partial charge in [-0.15, -0.1) is 0 Å². The van der Waals surface area contributed by atoms with E-state index in [9.17, 15) is 4.79 Å². The third kappa shape index (κ3) is 1.04. The fourth-order valence-corrected chi connectivity index (χ4v) is 1.57. The van der Waals surface area contributed by atoms with Crippen LogP contribution in [0.15, 0.2) is 18.2 Å². The van der Waals surface area contributed by atoms with Crippen molar-refractivity contribution in [2.45, 2.75) is 19.4 Å². The zero-order valence-corrected chi connectivity index (χ0v) is 7.72. The number of aryl methyl sites for hydroxylation is 1. The Labute approximate surface area is 76.9 Å². The van der Waals surface area contributed by atoms with Gasteiger partial charge in [0.1, 0.15) is 5.54 Å². The number of rotatable bonds is 0. The Bertz CT molecular complexity index is 383. The SMILES string of the molecule is Cc1ccc2c(c1)C(C)(N)C(=O)N2. The summed E-state index contributed by atoms with van der Waals surface area (Å²) in [6.07, 6.45) is 0. The summed E-state index contributed by atoms with van der Waals surface area (Å²) < 4.78 is 0. The molecule has 0 saturated heterocycles. The molecule has 13 heavy (non-hydrogen) atoms. The Morgan fingerprint density at radius 2 is 2.15 bits per heavy atom. The van der Waals surface area contributed by atoms with Gasteiger partial charge >= 0.3 is 0 Å². The normalized spacial score (nSPS) is 25.6. The maximum absolute atomic E-state index is 11.4. The lowest BCUT2D eigenvalue weighted by Crippen LogP contribution is -2.40. The summed E-state index contributed by atoms with van der Waals surface area (Å²) in [4.78, 5) is 11.4. The van der Waals surface area contributed by atoms with Crippen molar-refractivity contribution in [2.75, 3.05) is 5.32 Å². The van der Waals surface area contributed by atoms with Crippen LogP contribution in [0.2, 0.25) is 0 Å². The Morgan fingerprint density at radius 1 is 1.46 bits per heavy atom. The van der Waals surface area contributed by atoms with E-state index in [4.69, 9.17) is 5.73 Å². The molecular formula is C10H12N2O. The van der Waals surface area contributed by atoms with Gasteiger partial charge in [0.15, 0.2) is 0 Å². The van der Waals surface area contributed by atoms with Crippen molar-refractivity contribution in [1.29, 1.82) is 0 Å². The molecule has 0 aliphatic carbocycles. The molecule has 0 spiro atoms. The van der Waals surface area contributed by atoms with Crippen LogP contribution in [-0.4, -0.2) is 5.91 Å². The second-order valence-electron chi connectivity index (χ2n) is 3.71. The van der Waals surface area contributed by atoms with Gasteiger partial charge in [0, 0.05) is 11.3 Å². The molecule has 0 saturated carbocycles. The fourth-order valence-electron chi connectivity index (χ4n) is 1.57. The van der Waals surface area contributed by atoms with Gasteiger partial charge in [-0.25, -0.2) is 0 Å². The van der Waals surface area contributed by atoms with E-state index in [1.807, 2.05) is 25.1 Å². The molecule has 0 aromatic heterocycles. The van der Waals surface area contributed by atoms with Crippen LogP contribution in [0.4, 0.5) is 5.69 Å². The summed E-state index contributed by atoms with van der Waals surface area (Å²) in [6, 6.07) is 5.80. The minimum absolute atomic E-state index is 0.131. The van der Waals surface area contributed by atoms with Crippen molar-refractivity contribution < 1.29 is 4.79 Å². The molecule has 1 aromatic rings. The smallest absolute Gasteiger partial charge is 0.248 e. The summed E-state index contributed by atoms with van der Waals surface area (Å²) in [5, 5.41) is 2.75. The van der Waals surface area contributed by atoms with Gasteiger partial charge in [0.25, 0.3) is 0 Å². The number of fused-ring (bicyclic) bond motifs is 1. The Kier molecular flexibility index (Phi) is 1.48. The van der Waals surface area contributed by atoms with Crippen molar-refractivity contribution in [3.05, 3.63) is 29.3 Å². The summed E-state index contributed by atoms with van der Waals surface area (Å²) in [5.74, 6) is -0.131. The number of nitrogens with two attached hydrogens (primary N) is 1. The first kappa shape index (κ1) is 8.26. The van der Waals surface area contributed by atoms with E-state index >= 15 is 0 Å². The van der Waals surface area contributed by atoms with Crippen LogP contribution >= 0.6 is 0 Å². The maximum Gasteiger partial charge on any atom is 0.248 e. The first-order valence-corrected chi connectivity index (χ1v) is 4.23. The van der Waals surface area contributed by atoms with Crippen LogP contribution in [0.1, 0.15) is 18.1 Å². The van der Waals surface area contributed by atoms with E-state index in [2.05, 4.69) is 5.32 Å². The largest absolute Gasteiger partial charge is 0.324 e. The van der Waals surface area contributed by atoms with E-state index in [1.165, 1.54) is 0 Å². The average molecular weight is 176 g/mol. The molecule has 1 aliphatic rings. The number of carbonyl (C=O) groups is 1. The zero-order chi connectivity index (χ0) is 9.64. The molecule has 1 aliphatic heterocycles. The minimum Gasteiger partial charge on any atom is -0.324 e.